The van der Waals surface area contributed by atoms with Crippen LogP contribution in [0.2, 0.25) is 0 Å². The zero-order valence-electron chi connectivity index (χ0n) is 14.8. The maximum Gasteiger partial charge on any atom is 0.231 e. The third-order valence-electron chi connectivity index (χ3n) is 4.37. The fourth-order valence-electron chi connectivity index (χ4n) is 2.60. The molecule has 6 nitrogen and oxygen atoms in total. The number of nitriles is 1. The Kier molecular flexibility index (Phi) is 5.79. The molecular weight excluding hydrogens is 366 g/mol. The van der Waals surface area contributed by atoms with Crippen LogP contribution in [0.15, 0.2) is 28.6 Å². The van der Waals surface area contributed by atoms with Gasteiger partial charge in [-0.05, 0) is 49.8 Å². The normalized spacial score (nSPS) is 15.7. The number of hydrogen-bond donors (Lipinski definition) is 2. The predicted molar refractivity (Wildman–Crippen MR) is 105 cm³/mol. The summed E-state index contributed by atoms with van der Waals surface area (Å²) >= 11 is 2.74. The Hall–Kier alpha value is -2.11. The van der Waals surface area contributed by atoms with E-state index in [2.05, 4.69) is 46.0 Å². The van der Waals surface area contributed by atoms with E-state index >= 15 is 0 Å². The maximum atomic E-state index is 12.1. The van der Waals surface area contributed by atoms with Gasteiger partial charge in [0.2, 0.25) is 11.0 Å². The Morgan fingerprint density at radius 1 is 1.38 bits per heavy atom. The van der Waals surface area contributed by atoms with Crippen LogP contribution in [0.3, 0.4) is 0 Å². The molecule has 0 saturated heterocycles. The molecule has 1 fully saturated rings. The highest BCUT2D eigenvalue weighted by molar-refractivity contribution is 8.01. The number of rotatable bonds is 8. The average Bonchev–Trinajstić information content (AvgIpc) is 3.42. The third-order valence-corrected chi connectivity index (χ3v) is 6.34. The summed E-state index contributed by atoms with van der Waals surface area (Å²) < 4.78 is 0.720. The molecule has 1 heterocycles. The zero-order valence-corrected chi connectivity index (χ0v) is 16.4. The Morgan fingerprint density at radius 3 is 2.73 bits per heavy atom. The van der Waals surface area contributed by atoms with Gasteiger partial charge < -0.3 is 10.6 Å². The first-order chi connectivity index (χ1) is 12.5. The Labute approximate surface area is 161 Å². The monoisotopic (exact) mass is 387 g/mol. The van der Waals surface area contributed by atoms with Gasteiger partial charge in [-0.15, -0.1) is 10.2 Å². The zero-order chi connectivity index (χ0) is 18.6. The number of amides is 1. The molecule has 1 aliphatic rings. The predicted octanol–water partition coefficient (Wildman–Crippen LogP) is 3.74. The minimum atomic E-state index is -0.754. The number of carbonyl (C=O) groups is 1. The Morgan fingerprint density at radius 2 is 2.12 bits per heavy atom. The lowest BCUT2D eigenvalue weighted by molar-refractivity contribution is -0.119. The van der Waals surface area contributed by atoms with Crippen LogP contribution in [0.5, 0.6) is 0 Å². The van der Waals surface area contributed by atoms with Gasteiger partial charge >= 0.3 is 0 Å². The molecule has 1 amide bonds. The molecule has 0 bridgehead atoms. The van der Waals surface area contributed by atoms with Crippen molar-refractivity contribution in [3.05, 3.63) is 29.8 Å². The number of nitrogens with zero attached hydrogens (tertiary/aromatic N) is 3. The van der Waals surface area contributed by atoms with Gasteiger partial charge in [0, 0.05) is 5.69 Å². The summed E-state index contributed by atoms with van der Waals surface area (Å²) in [4.78, 5) is 12.1. The van der Waals surface area contributed by atoms with Crippen LogP contribution in [-0.4, -0.2) is 27.4 Å². The molecule has 0 unspecified atom stereocenters. The number of anilines is 2. The molecule has 3 rings (SSSR count). The number of thioether (sulfide) groups is 1. The van der Waals surface area contributed by atoms with Crippen LogP contribution >= 0.6 is 23.1 Å². The number of benzene rings is 1. The van der Waals surface area contributed by atoms with Crippen LogP contribution in [0.25, 0.3) is 0 Å². The lowest BCUT2D eigenvalue weighted by Crippen LogP contribution is -2.47. The Balaban J connectivity index is 1.50. The second kappa shape index (κ2) is 8.06. The summed E-state index contributed by atoms with van der Waals surface area (Å²) in [7, 11) is 0. The minimum Gasteiger partial charge on any atom is -0.337 e. The fourth-order valence-corrected chi connectivity index (χ4v) is 4.17. The third kappa shape index (κ3) is 4.74. The Bertz CT molecular complexity index is 810. The van der Waals surface area contributed by atoms with E-state index in [1.807, 2.05) is 12.1 Å². The second-order valence-corrected chi connectivity index (χ2v) is 8.67. The van der Waals surface area contributed by atoms with Gasteiger partial charge in [-0.25, -0.2) is 0 Å². The first-order valence-electron chi connectivity index (χ1n) is 8.57. The molecule has 0 spiro atoms. The summed E-state index contributed by atoms with van der Waals surface area (Å²) in [6.07, 6.45) is 3.01. The van der Waals surface area contributed by atoms with Crippen molar-refractivity contribution in [2.75, 3.05) is 11.1 Å². The summed E-state index contributed by atoms with van der Waals surface area (Å²) in [5.41, 5.74) is 1.49. The van der Waals surface area contributed by atoms with Gasteiger partial charge in [0.05, 0.1) is 11.8 Å². The number of aryl methyl sites for hydroxylation is 1. The first-order valence-corrected chi connectivity index (χ1v) is 10.4. The van der Waals surface area contributed by atoms with E-state index in [0.29, 0.717) is 5.13 Å². The molecule has 1 aliphatic carbocycles. The molecule has 8 heteroatoms. The minimum absolute atomic E-state index is 0.147. The van der Waals surface area contributed by atoms with Gasteiger partial charge in [0.25, 0.3) is 0 Å². The molecule has 1 atom stereocenters. The van der Waals surface area contributed by atoms with Gasteiger partial charge in [-0.2, -0.15) is 5.26 Å². The van der Waals surface area contributed by atoms with Crippen molar-refractivity contribution in [1.29, 1.82) is 5.26 Å². The molecule has 0 radical (unpaired) electrons. The topological polar surface area (TPSA) is 90.7 Å². The largest absolute Gasteiger partial charge is 0.337 e. The van der Waals surface area contributed by atoms with Crippen molar-refractivity contribution < 1.29 is 4.79 Å². The molecule has 2 N–H and O–H groups in total. The average molecular weight is 388 g/mol. The summed E-state index contributed by atoms with van der Waals surface area (Å²) in [5, 5.41) is 24.3. The molecule has 1 aromatic heterocycles. The van der Waals surface area contributed by atoms with Crippen molar-refractivity contribution >= 4 is 39.8 Å². The van der Waals surface area contributed by atoms with Gasteiger partial charge in [-0.3, -0.25) is 4.79 Å². The van der Waals surface area contributed by atoms with Crippen LogP contribution in [0.4, 0.5) is 10.8 Å². The van der Waals surface area contributed by atoms with Gasteiger partial charge in [-0.1, -0.05) is 42.2 Å². The van der Waals surface area contributed by atoms with Crippen molar-refractivity contribution in [3.8, 4) is 6.07 Å². The van der Waals surface area contributed by atoms with E-state index < -0.39 is 5.54 Å². The number of nitrogens with one attached hydrogen (secondary N) is 2. The van der Waals surface area contributed by atoms with Crippen LogP contribution in [0, 0.1) is 17.2 Å². The SMILES string of the molecule is CCc1ccc(Nc2nnc(SCC(=O)N[C@](C)(C#N)C3CC3)s2)cc1. The van der Waals surface area contributed by atoms with E-state index in [-0.39, 0.29) is 17.6 Å². The molecule has 136 valence electrons. The smallest absolute Gasteiger partial charge is 0.231 e. The second-order valence-electron chi connectivity index (χ2n) is 6.47. The molecule has 26 heavy (non-hydrogen) atoms. The molecule has 1 saturated carbocycles. The number of carbonyl (C=O) groups excluding carboxylic acids is 1. The van der Waals surface area contributed by atoms with Gasteiger partial charge in [0.15, 0.2) is 4.34 Å². The van der Waals surface area contributed by atoms with Crippen LogP contribution in [0.1, 0.15) is 32.3 Å². The molecule has 1 aromatic carbocycles. The van der Waals surface area contributed by atoms with Gasteiger partial charge in [0.1, 0.15) is 5.54 Å². The fraction of sp³-hybridized carbons (Fsp3) is 0.444. The van der Waals surface area contributed by atoms with Crippen molar-refractivity contribution in [2.24, 2.45) is 5.92 Å². The van der Waals surface area contributed by atoms with E-state index in [9.17, 15) is 10.1 Å². The van der Waals surface area contributed by atoms with Crippen molar-refractivity contribution in [1.82, 2.24) is 15.5 Å². The van der Waals surface area contributed by atoms with Crippen LogP contribution < -0.4 is 10.6 Å². The summed E-state index contributed by atoms with van der Waals surface area (Å²) in [6.45, 7) is 3.92. The summed E-state index contributed by atoms with van der Waals surface area (Å²) in [5.74, 6) is 0.354. The lowest BCUT2D eigenvalue weighted by atomic mass is 9.98. The van der Waals surface area contributed by atoms with Crippen molar-refractivity contribution in [2.45, 2.75) is 43.0 Å². The maximum absolute atomic E-state index is 12.1. The molecule has 2 aromatic rings. The van der Waals surface area contributed by atoms with Crippen molar-refractivity contribution in [3.63, 3.8) is 0 Å². The highest BCUT2D eigenvalue weighted by atomic mass is 32.2. The number of hydrogen-bond acceptors (Lipinski definition) is 7. The highest BCUT2D eigenvalue weighted by Gasteiger charge is 2.42. The standard InChI is InChI=1S/C18H21N5OS2/c1-3-12-4-8-14(9-5-12)20-16-22-23-17(26-16)25-10-15(24)21-18(2,11-19)13-6-7-13/h4-5,8-9,13H,3,6-7,10H2,1-2H3,(H,20,22)(H,21,24)/t18-/m1/s1. The first kappa shape index (κ1) is 18.7. The van der Waals surface area contributed by atoms with Crippen LogP contribution in [-0.2, 0) is 11.2 Å². The van der Waals surface area contributed by atoms with E-state index in [1.165, 1.54) is 28.7 Å². The summed E-state index contributed by atoms with van der Waals surface area (Å²) in [6, 6.07) is 10.4. The van der Waals surface area contributed by atoms with E-state index in [0.717, 1.165) is 29.3 Å². The number of aromatic nitrogens is 2. The quantitative estimate of drug-likeness (QED) is 0.671. The van der Waals surface area contributed by atoms with E-state index in [4.69, 9.17) is 0 Å². The molecule has 0 aliphatic heterocycles. The lowest BCUT2D eigenvalue weighted by Gasteiger charge is -2.22. The van der Waals surface area contributed by atoms with E-state index in [1.54, 1.807) is 6.92 Å². The molecular formula is C18H21N5OS2. The highest BCUT2D eigenvalue weighted by Crippen LogP contribution is 2.39.